The summed E-state index contributed by atoms with van der Waals surface area (Å²) in [6, 6.07) is 7.08. The standard InChI is InChI=1S/C23H26ClN5O2S/c1-29-9-8-20-19(12-29)28-23(32-20)22(31)27-17-5-3-2-4-16(17)26-21(30)18-11-13-10-14(24)6-7-15(13)25-18/h6-7,10-11,16-17,25H,2-5,8-9,12H2,1H3,(H,26,30)(H,27,31). The molecule has 168 valence electrons. The van der Waals surface area contributed by atoms with Crippen LogP contribution in [0.3, 0.4) is 0 Å². The minimum atomic E-state index is -0.170. The molecule has 1 aromatic carbocycles. The number of rotatable bonds is 4. The van der Waals surface area contributed by atoms with Gasteiger partial charge in [0.2, 0.25) is 0 Å². The number of aromatic amines is 1. The average molecular weight is 472 g/mol. The Labute approximate surface area is 195 Å². The van der Waals surface area contributed by atoms with Crippen molar-refractivity contribution in [3.05, 3.63) is 50.6 Å². The van der Waals surface area contributed by atoms with Crippen molar-refractivity contribution in [2.75, 3.05) is 13.6 Å². The van der Waals surface area contributed by atoms with E-state index in [0.29, 0.717) is 15.7 Å². The number of halogens is 1. The fraction of sp³-hybridized carbons (Fsp3) is 0.435. The number of benzene rings is 1. The second kappa shape index (κ2) is 8.84. The zero-order valence-electron chi connectivity index (χ0n) is 17.9. The lowest BCUT2D eigenvalue weighted by molar-refractivity contribution is 0.0860. The van der Waals surface area contributed by atoms with Gasteiger partial charge in [-0.15, -0.1) is 11.3 Å². The van der Waals surface area contributed by atoms with Gasteiger partial charge in [-0.25, -0.2) is 4.98 Å². The van der Waals surface area contributed by atoms with Crippen molar-refractivity contribution < 1.29 is 9.59 Å². The Morgan fingerprint density at radius 3 is 2.69 bits per heavy atom. The molecular weight excluding hydrogens is 446 g/mol. The van der Waals surface area contributed by atoms with Crippen LogP contribution in [0.5, 0.6) is 0 Å². The summed E-state index contributed by atoms with van der Waals surface area (Å²) in [6.45, 7) is 1.78. The fourth-order valence-corrected chi connectivity index (χ4v) is 5.75. The Morgan fingerprint density at radius 2 is 1.91 bits per heavy atom. The van der Waals surface area contributed by atoms with Gasteiger partial charge in [-0.1, -0.05) is 24.4 Å². The third kappa shape index (κ3) is 4.40. The van der Waals surface area contributed by atoms with Crippen LogP contribution < -0.4 is 10.6 Å². The highest BCUT2D eigenvalue weighted by molar-refractivity contribution is 7.13. The number of aromatic nitrogens is 2. The summed E-state index contributed by atoms with van der Waals surface area (Å²) in [6.07, 6.45) is 4.67. The number of fused-ring (bicyclic) bond motifs is 2. The molecule has 3 heterocycles. The number of nitrogens with zero attached hydrogens (tertiary/aromatic N) is 2. The summed E-state index contributed by atoms with van der Waals surface area (Å²) in [5.74, 6) is -0.310. The third-order valence-electron chi connectivity index (χ3n) is 6.34. The van der Waals surface area contributed by atoms with Gasteiger partial charge in [0.1, 0.15) is 5.69 Å². The Balaban J connectivity index is 1.27. The molecular formula is C23H26ClN5O2S. The van der Waals surface area contributed by atoms with E-state index < -0.39 is 0 Å². The molecule has 1 saturated carbocycles. The number of hydrogen-bond acceptors (Lipinski definition) is 5. The number of likely N-dealkylation sites (N-methyl/N-ethyl adjacent to an activating group) is 1. The lowest BCUT2D eigenvalue weighted by Gasteiger charge is -2.32. The second-order valence-corrected chi connectivity index (χ2v) is 10.3. The number of H-pyrrole nitrogens is 1. The molecule has 2 amide bonds. The Bertz CT molecular complexity index is 1170. The van der Waals surface area contributed by atoms with Gasteiger partial charge in [-0.2, -0.15) is 0 Å². The first kappa shape index (κ1) is 21.4. The van der Waals surface area contributed by atoms with E-state index in [4.69, 9.17) is 11.6 Å². The molecule has 2 unspecified atom stereocenters. The lowest BCUT2D eigenvalue weighted by Crippen LogP contribution is -2.53. The van der Waals surface area contributed by atoms with E-state index in [-0.39, 0.29) is 23.9 Å². The summed E-state index contributed by atoms with van der Waals surface area (Å²) >= 11 is 7.56. The number of carbonyl (C=O) groups excluding carboxylic acids is 2. The maximum atomic E-state index is 13.0. The number of thiazole rings is 1. The Morgan fingerprint density at radius 1 is 1.16 bits per heavy atom. The van der Waals surface area contributed by atoms with Gasteiger partial charge in [-0.05, 0) is 50.6 Å². The molecule has 9 heteroatoms. The summed E-state index contributed by atoms with van der Waals surface area (Å²) < 4.78 is 0. The lowest BCUT2D eigenvalue weighted by atomic mass is 9.90. The van der Waals surface area contributed by atoms with Crippen LogP contribution in [0, 0.1) is 0 Å². The van der Waals surface area contributed by atoms with Crippen LogP contribution in [-0.4, -0.2) is 52.4 Å². The molecule has 0 saturated heterocycles. The van der Waals surface area contributed by atoms with Crippen molar-refractivity contribution in [3.63, 3.8) is 0 Å². The van der Waals surface area contributed by atoms with Gasteiger partial charge in [-0.3, -0.25) is 9.59 Å². The van der Waals surface area contributed by atoms with E-state index >= 15 is 0 Å². The van der Waals surface area contributed by atoms with E-state index in [9.17, 15) is 9.59 Å². The summed E-state index contributed by atoms with van der Waals surface area (Å²) in [7, 11) is 2.07. The quantitative estimate of drug-likeness (QED) is 0.540. The smallest absolute Gasteiger partial charge is 0.280 e. The van der Waals surface area contributed by atoms with Gasteiger partial charge in [0.15, 0.2) is 5.01 Å². The molecule has 3 aromatic rings. The largest absolute Gasteiger partial charge is 0.351 e. The van der Waals surface area contributed by atoms with Crippen molar-refractivity contribution in [1.82, 2.24) is 25.5 Å². The van der Waals surface area contributed by atoms with Crippen LogP contribution in [0.25, 0.3) is 10.9 Å². The minimum Gasteiger partial charge on any atom is -0.351 e. The Kier molecular flexibility index (Phi) is 5.92. The highest BCUT2D eigenvalue weighted by Crippen LogP contribution is 2.26. The molecule has 2 atom stereocenters. The maximum absolute atomic E-state index is 13.0. The van der Waals surface area contributed by atoms with Crippen LogP contribution in [-0.2, 0) is 13.0 Å². The van der Waals surface area contributed by atoms with Crippen molar-refractivity contribution in [1.29, 1.82) is 0 Å². The first-order valence-electron chi connectivity index (χ1n) is 11.0. The van der Waals surface area contributed by atoms with E-state index in [0.717, 1.165) is 61.8 Å². The number of nitrogens with one attached hydrogen (secondary N) is 3. The third-order valence-corrected chi connectivity index (χ3v) is 7.73. The molecule has 2 aromatic heterocycles. The summed E-state index contributed by atoms with van der Waals surface area (Å²) in [5, 5.41) is 8.33. The van der Waals surface area contributed by atoms with Gasteiger partial charge in [0, 0.05) is 46.0 Å². The predicted molar refractivity (Wildman–Crippen MR) is 126 cm³/mol. The van der Waals surface area contributed by atoms with Gasteiger partial charge in [0.05, 0.1) is 5.69 Å². The molecule has 0 bridgehead atoms. The van der Waals surface area contributed by atoms with E-state index in [2.05, 4.69) is 32.5 Å². The second-order valence-electron chi connectivity index (χ2n) is 8.74. The average Bonchev–Trinajstić information content (AvgIpc) is 3.38. The zero-order chi connectivity index (χ0) is 22.2. The number of amides is 2. The van der Waals surface area contributed by atoms with Crippen molar-refractivity contribution >= 4 is 45.7 Å². The van der Waals surface area contributed by atoms with Crippen LogP contribution in [0.15, 0.2) is 24.3 Å². The number of carbonyl (C=O) groups is 2. The normalized spacial score (nSPS) is 21.3. The molecule has 7 nitrogen and oxygen atoms in total. The van der Waals surface area contributed by atoms with E-state index in [1.807, 2.05) is 18.2 Å². The first-order chi connectivity index (χ1) is 15.5. The fourth-order valence-electron chi connectivity index (χ4n) is 4.60. The highest BCUT2D eigenvalue weighted by atomic mass is 35.5. The monoisotopic (exact) mass is 471 g/mol. The van der Waals surface area contributed by atoms with Crippen LogP contribution in [0.4, 0.5) is 0 Å². The van der Waals surface area contributed by atoms with Gasteiger partial charge >= 0.3 is 0 Å². The topological polar surface area (TPSA) is 90.1 Å². The van der Waals surface area contributed by atoms with Crippen LogP contribution >= 0.6 is 22.9 Å². The van der Waals surface area contributed by atoms with Crippen molar-refractivity contribution in [3.8, 4) is 0 Å². The van der Waals surface area contributed by atoms with E-state index in [1.54, 1.807) is 6.07 Å². The summed E-state index contributed by atoms with van der Waals surface area (Å²) in [5.41, 5.74) is 2.38. The molecule has 0 radical (unpaired) electrons. The van der Waals surface area contributed by atoms with Crippen molar-refractivity contribution in [2.45, 2.75) is 50.7 Å². The SMILES string of the molecule is CN1CCc2sc(C(=O)NC3CCCCC3NC(=O)c3cc4cc(Cl)ccc4[nH]3)nc2C1. The van der Waals surface area contributed by atoms with Crippen LogP contribution in [0.2, 0.25) is 5.02 Å². The number of hydrogen-bond donors (Lipinski definition) is 3. The molecule has 5 rings (SSSR count). The van der Waals surface area contributed by atoms with Gasteiger partial charge in [0.25, 0.3) is 11.8 Å². The molecule has 2 aliphatic rings. The summed E-state index contributed by atoms with van der Waals surface area (Å²) in [4.78, 5) is 37.1. The minimum absolute atomic E-state index is 0.109. The van der Waals surface area contributed by atoms with Crippen molar-refractivity contribution in [2.24, 2.45) is 0 Å². The molecule has 1 aliphatic carbocycles. The molecule has 3 N–H and O–H groups in total. The predicted octanol–water partition coefficient (Wildman–Crippen LogP) is 3.74. The molecule has 1 fully saturated rings. The maximum Gasteiger partial charge on any atom is 0.280 e. The highest BCUT2D eigenvalue weighted by Gasteiger charge is 2.30. The Hall–Kier alpha value is -2.42. The van der Waals surface area contributed by atoms with Crippen LogP contribution in [0.1, 0.15) is 56.5 Å². The first-order valence-corrected chi connectivity index (χ1v) is 12.2. The zero-order valence-corrected chi connectivity index (χ0v) is 19.5. The molecule has 32 heavy (non-hydrogen) atoms. The van der Waals surface area contributed by atoms with Gasteiger partial charge < -0.3 is 20.5 Å². The molecule has 0 spiro atoms. The van der Waals surface area contributed by atoms with E-state index in [1.165, 1.54) is 16.2 Å². The molecule has 1 aliphatic heterocycles.